The van der Waals surface area contributed by atoms with Gasteiger partial charge in [-0.15, -0.1) is 0 Å². The Morgan fingerprint density at radius 3 is 2.37 bits per heavy atom. The minimum absolute atomic E-state index is 0.0364. The molecular weight excluding hydrogens is 550 g/mol. The summed E-state index contributed by atoms with van der Waals surface area (Å²) in [7, 11) is -4.74. The van der Waals surface area contributed by atoms with Crippen LogP contribution in [0, 0.1) is 5.41 Å². The molecule has 41 heavy (non-hydrogen) atoms. The van der Waals surface area contributed by atoms with Crippen LogP contribution in [0.5, 0.6) is 5.75 Å². The highest BCUT2D eigenvalue weighted by atomic mass is 32.2. The number of hydrogen-bond donors (Lipinski definition) is 4. The molecule has 4 rings (SSSR count). The van der Waals surface area contributed by atoms with Crippen molar-refractivity contribution in [2.45, 2.75) is 32.4 Å². The highest BCUT2D eigenvalue weighted by Gasteiger charge is 2.37. The largest absolute Gasteiger partial charge is 0.490 e. The number of nitrogens with one attached hydrogen (secondary N) is 2. The Hall–Kier alpha value is -4.36. The van der Waals surface area contributed by atoms with E-state index in [0.717, 1.165) is 41.0 Å². The third kappa shape index (κ3) is 7.24. The summed E-state index contributed by atoms with van der Waals surface area (Å²) in [6.07, 6.45) is 0.433. The van der Waals surface area contributed by atoms with Gasteiger partial charge in [0.25, 0.3) is 0 Å². The Bertz CT molecular complexity index is 1520. The zero-order valence-electron chi connectivity index (χ0n) is 22.6. The summed E-state index contributed by atoms with van der Waals surface area (Å²) in [4.78, 5) is 24.2. The lowest BCUT2D eigenvalue weighted by Crippen LogP contribution is -2.49. The van der Waals surface area contributed by atoms with Gasteiger partial charge in [0.1, 0.15) is 24.2 Å². The number of nitrogens with zero attached hydrogens (tertiary/aromatic N) is 2. The molecule has 0 aliphatic carbocycles. The van der Waals surface area contributed by atoms with Gasteiger partial charge in [0.2, 0.25) is 0 Å². The fourth-order valence-electron chi connectivity index (χ4n) is 4.51. The second-order valence-electron chi connectivity index (χ2n) is 9.48. The number of carboxylic acids is 1. The molecular formula is C28H33N5O7S. The summed E-state index contributed by atoms with van der Waals surface area (Å²) in [6, 6.07) is 16.9. The maximum absolute atomic E-state index is 13.9. The fraction of sp³-hybridized carbons (Fsp3) is 0.321. The Morgan fingerprint density at radius 2 is 1.73 bits per heavy atom. The van der Waals surface area contributed by atoms with Crippen LogP contribution in [0.25, 0.3) is 10.8 Å². The topological polar surface area (TPSA) is 175 Å². The quantitative estimate of drug-likeness (QED) is 0.195. The van der Waals surface area contributed by atoms with Gasteiger partial charge < -0.3 is 25.6 Å². The number of benzene rings is 3. The van der Waals surface area contributed by atoms with E-state index in [1.54, 1.807) is 60.7 Å². The average molecular weight is 584 g/mol. The van der Waals surface area contributed by atoms with Crippen molar-refractivity contribution in [1.29, 1.82) is 5.41 Å². The van der Waals surface area contributed by atoms with Gasteiger partial charge in [-0.25, -0.2) is 9.10 Å². The summed E-state index contributed by atoms with van der Waals surface area (Å²) in [6.45, 7) is 1.70. The van der Waals surface area contributed by atoms with E-state index in [0.29, 0.717) is 16.9 Å². The molecule has 0 spiro atoms. The van der Waals surface area contributed by atoms with Gasteiger partial charge in [-0.1, -0.05) is 24.3 Å². The van der Waals surface area contributed by atoms with Crippen LogP contribution in [0.4, 0.5) is 10.5 Å². The van der Waals surface area contributed by atoms with E-state index < -0.39 is 28.8 Å². The van der Waals surface area contributed by atoms with Gasteiger partial charge >= 0.3 is 22.3 Å². The maximum atomic E-state index is 13.9. The molecule has 12 nitrogen and oxygen atoms in total. The Labute approximate surface area is 238 Å². The first-order valence-electron chi connectivity index (χ1n) is 13.1. The molecule has 3 aromatic rings. The van der Waals surface area contributed by atoms with Gasteiger partial charge in [-0.2, -0.15) is 12.7 Å². The van der Waals surface area contributed by atoms with Crippen molar-refractivity contribution in [3.63, 3.8) is 0 Å². The number of carbonyl (C=O) groups excluding carboxylic acids is 1. The van der Waals surface area contributed by atoms with Gasteiger partial charge in [-0.05, 0) is 85.6 Å². The molecule has 1 saturated heterocycles. The SMILES string of the molecule is CCOC(=O)N(CC(=O)O)S(=O)(=O)N(Cc1ccc2ccc(C(=N)N)cc2c1)c1ccc(OC2CCNCC2)cc1. The summed E-state index contributed by atoms with van der Waals surface area (Å²) in [5.41, 5.74) is 6.90. The van der Waals surface area contributed by atoms with Crippen LogP contribution < -0.4 is 20.1 Å². The Balaban J connectivity index is 1.73. The minimum Gasteiger partial charge on any atom is -0.490 e. The lowest BCUT2D eigenvalue weighted by Gasteiger charge is -2.30. The summed E-state index contributed by atoms with van der Waals surface area (Å²) >= 11 is 0. The standard InChI is InChI=1S/C28H33N5O7S/c1-2-39-28(36)33(18-26(34)35)41(37,38)32(23-7-9-24(10-8-23)40-25-11-13-31-14-12-25)17-19-3-4-20-5-6-21(27(29)30)16-22(20)15-19/h3-10,15-16,25,31H,2,11-14,17-18H2,1H3,(H3,29,30)(H,34,35). The van der Waals surface area contributed by atoms with Gasteiger partial charge in [0.15, 0.2) is 0 Å². The van der Waals surface area contributed by atoms with Crippen LogP contribution in [0.15, 0.2) is 60.7 Å². The predicted octanol–water partition coefficient (Wildman–Crippen LogP) is 3.05. The van der Waals surface area contributed by atoms with Gasteiger partial charge in [0.05, 0.1) is 18.8 Å². The number of piperidine rings is 1. The normalized spacial score (nSPS) is 13.9. The highest BCUT2D eigenvalue weighted by Crippen LogP contribution is 2.28. The number of nitrogens with two attached hydrogens (primary N) is 1. The summed E-state index contributed by atoms with van der Waals surface area (Å²) < 4.78 is 39.9. The Morgan fingerprint density at radius 1 is 1.05 bits per heavy atom. The van der Waals surface area contributed by atoms with Crippen molar-refractivity contribution < 1.29 is 32.6 Å². The molecule has 3 aromatic carbocycles. The van der Waals surface area contributed by atoms with Gasteiger partial charge in [0, 0.05) is 5.56 Å². The lowest BCUT2D eigenvalue weighted by molar-refractivity contribution is -0.137. The summed E-state index contributed by atoms with van der Waals surface area (Å²) in [5, 5.41) is 22.0. The van der Waals surface area contributed by atoms with Crippen LogP contribution in [0.3, 0.4) is 0 Å². The number of carboxylic acid groups (broad SMARTS) is 1. The third-order valence-corrected chi connectivity index (χ3v) is 8.29. The first kappa shape index (κ1) is 29.6. The van der Waals surface area contributed by atoms with Crippen LogP contribution in [0.1, 0.15) is 30.9 Å². The number of ether oxygens (including phenoxy) is 2. The number of anilines is 1. The number of rotatable bonds is 11. The third-order valence-electron chi connectivity index (χ3n) is 6.56. The second-order valence-corrected chi connectivity index (χ2v) is 11.3. The molecule has 0 aromatic heterocycles. The van der Waals surface area contributed by atoms with Crippen molar-refractivity contribution in [3.8, 4) is 5.75 Å². The number of aliphatic carboxylic acids is 1. The van der Waals surface area contributed by atoms with Crippen LogP contribution in [-0.4, -0.2) is 68.1 Å². The van der Waals surface area contributed by atoms with Crippen molar-refractivity contribution in [2.75, 3.05) is 30.5 Å². The number of amides is 1. The molecule has 218 valence electrons. The maximum Gasteiger partial charge on any atom is 0.425 e. The number of fused-ring (bicyclic) bond motifs is 1. The number of amidine groups is 1. The molecule has 1 aliphatic heterocycles. The molecule has 0 unspecified atom stereocenters. The molecule has 0 radical (unpaired) electrons. The van der Waals surface area contributed by atoms with Crippen molar-refractivity contribution in [3.05, 3.63) is 71.8 Å². The predicted molar refractivity (Wildman–Crippen MR) is 154 cm³/mol. The smallest absolute Gasteiger partial charge is 0.425 e. The zero-order chi connectivity index (χ0) is 29.6. The number of hydrogen-bond acceptors (Lipinski definition) is 8. The van der Waals surface area contributed by atoms with E-state index in [9.17, 15) is 23.1 Å². The van der Waals surface area contributed by atoms with E-state index in [4.69, 9.17) is 20.6 Å². The fourth-order valence-corrected chi connectivity index (χ4v) is 5.96. The van der Waals surface area contributed by atoms with Crippen molar-refractivity contribution >= 4 is 44.6 Å². The van der Waals surface area contributed by atoms with Gasteiger partial charge in [-0.3, -0.25) is 10.2 Å². The van der Waals surface area contributed by atoms with E-state index in [1.807, 2.05) is 0 Å². The zero-order valence-corrected chi connectivity index (χ0v) is 23.4. The molecule has 5 N–H and O–H groups in total. The molecule has 1 aliphatic rings. The van der Waals surface area contributed by atoms with E-state index in [-0.39, 0.29) is 35.1 Å². The highest BCUT2D eigenvalue weighted by molar-refractivity contribution is 7.91. The van der Waals surface area contributed by atoms with Crippen molar-refractivity contribution in [1.82, 2.24) is 9.62 Å². The first-order valence-corrected chi connectivity index (χ1v) is 14.5. The molecule has 1 fully saturated rings. The molecule has 0 atom stereocenters. The molecule has 0 bridgehead atoms. The van der Waals surface area contributed by atoms with Crippen LogP contribution >= 0.6 is 0 Å². The molecule has 1 amide bonds. The number of carbonyl (C=O) groups is 2. The van der Waals surface area contributed by atoms with E-state index in [2.05, 4.69) is 5.32 Å². The van der Waals surface area contributed by atoms with Crippen LogP contribution in [-0.2, 0) is 26.3 Å². The Kier molecular flexibility index (Phi) is 9.30. The monoisotopic (exact) mass is 583 g/mol. The second kappa shape index (κ2) is 12.9. The minimum atomic E-state index is -4.74. The lowest BCUT2D eigenvalue weighted by atomic mass is 10.0. The van der Waals surface area contributed by atoms with E-state index in [1.165, 1.54) is 6.92 Å². The van der Waals surface area contributed by atoms with E-state index >= 15 is 0 Å². The number of nitrogen functional groups attached to an aromatic ring is 1. The molecule has 1 heterocycles. The van der Waals surface area contributed by atoms with Crippen LogP contribution in [0.2, 0.25) is 0 Å². The first-order chi connectivity index (χ1) is 19.6. The summed E-state index contributed by atoms with van der Waals surface area (Å²) in [5.74, 6) is -1.06. The molecule has 13 heteroatoms. The van der Waals surface area contributed by atoms with Crippen molar-refractivity contribution in [2.24, 2.45) is 5.73 Å². The average Bonchev–Trinajstić information content (AvgIpc) is 2.95. The molecule has 0 saturated carbocycles.